The van der Waals surface area contributed by atoms with E-state index < -0.39 is 35.9 Å². The van der Waals surface area contributed by atoms with E-state index in [1.54, 1.807) is 0 Å². The molecule has 428 valence electrons. The largest absolute Gasteiger partial charge is 0.453 e. The number of piperidine rings is 1. The minimum absolute atomic E-state index is 0.00208. The molecule has 6 heterocycles. The summed E-state index contributed by atoms with van der Waals surface area (Å²) in [5, 5.41) is 5.61. The summed E-state index contributed by atoms with van der Waals surface area (Å²) in [4.78, 5) is 79.7. The van der Waals surface area contributed by atoms with Crippen LogP contribution in [0.15, 0.2) is 78.9 Å². The summed E-state index contributed by atoms with van der Waals surface area (Å²) in [5.74, 6) is 0.507. The third-order valence-electron chi connectivity index (χ3n) is 19.2. The molecule has 2 saturated carbocycles. The molecule has 4 amide bonds. The predicted molar refractivity (Wildman–Crippen MR) is 305 cm³/mol. The Kier molecular flexibility index (Phi) is 14.9. The van der Waals surface area contributed by atoms with E-state index in [1.165, 1.54) is 31.9 Å². The minimum atomic E-state index is -0.767. The number of aromatic amines is 2. The van der Waals surface area contributed by atoms with Gasteiger partial charge in [-0.1, -0.05) is 83.0 Å². The molecule has 4 N–H and O–H groups in total. The van der Waals surface area contributed by atoms with Crippen molar-refractivity contribution in [2.45, 2.75) is 159 Å². The number of anilines is 2. The fourth-order valence-corrected chi connectivity index (χ4v) is 15.2. The number of aromatic nitrogens is 4. The standard InChI is InChI=1S/C63H76F2N10O6/c1-34(2)55(70-62(78)80-5)60(76)74-49-16-10-14-38(49)30-53(74)58-66-45-20-18-40(28-47(45)68-58)51-22-23-52(73(51)42-32-43(64)57(44(65)33-42)72-26-24-37(25-27-72)36-12-8-7-9-13-36)41-19-21-46-48(29-41)69-59(67-46)54-31-39-15-11-17-50(39)75(54)61(77)56(35(3)4)71-63(79)81-6/h7-9,12-13,18-21,28-29,32-35,37-39,49-56H,10-11,14-17,22-27,30-31H2,1-6H3,(H,66,68)(H,67,69)(H,70,78)(H,71,79)/t38-,39-,49-,50?,51+,52+,53-,54-,55-,56-/m0/s1. The van der Waals surface area contributed by atoms with Gasteiger partial charge in [-0.05, 0) is 147 Å². The van der Waals surface area contributed by atoms with Gasteiger partial charge in [-0.25, -0.2) is 28.3 Å². The van der Waals surface area contributed by atoms with Crippen LogP contribution in [0.25, 0.3) is 22.1 Å². The number of nitrogens with one attached hydrogen (secondary N) is 4. The molecule has 6 aliphatic rings. The zero-order valence-corrected chi connectivity index (χ0v) is 47.3. The summed E-state index contributed by atoms with van der Waals surface area (Å²) in [7, 11) is 2.60. The lowest BCUT2D eigenvalue weighted by Gasteiger charge is -2.36. The number of alkyl carbamates (subject to hydrolysis) is 2. The van der Waals surface area contributed by atoms with Gasteiger partial charge in [0, 0.05) is 30.9 Å². The van der Waals surface area contributed by atoms with Crippen LogP contribution in [0.2, 0.25) is 0 Å². The number of hydrogen-bond donors (Lipinski definition) is 4. The lowest BCUT2D eigenvalue weighted by molar-refractivity contribution is -0.138. The summed E-state index contributed by atoms with van der Waals surface area (Å²) < 4.78 is 43.9. The maximum atomic E-state index is 17.0. The van der Waals surface area contributed by atoms with Crippen LogP contribution in [-0.2, 0) is 19.1 Å². The summed E-state index contributed by atoms with van der Waals surface area (Å²) in [6.45, 7) is 8.75. The minimum Gasteiger partial charge on any atom is -0.453 e. The van der Waals surface area contributed by atoms with E-state index in [1.807, 2.05) is 72.7 Å². The van der Waals surface area contributed by atoms with Crippen molar-refractivity contribution in [1.29, 1.82) is 0 Å². The third kappa shape index (κ3) is 10.1. The predicted octanol–water partition coefficient (Wildman–Crippen LogP) is 11.8. The zero-order valence-electron chi connectivity index (χ0n) is 47.3. The molecular formula is C63H76F2N10O6. The van der Waals surface area contributed by atoms with Gasteiger partial charge in [-0.15, -0.1) is 0 Å². The first-order valence-corrected chi connectivity index (χ1v) is 29.6. The SMILES string of the molecule is COC(=O)N[C@H](C(=O)N1C2CCC[C@H]2C[C@H]1c1nc2cc([C@H]3CC[C@H](c4ccc5[nH]c([C@@H]6C[C@@H]7CCC[C@@H]7N6C(=O)[C@@H](NC(=O)OC)C(C)C)nc5c4)N3c3cc(F)c(N4CCC(c5ccccc5)CC4)c(F)c3)ccc2[nH]1)C(C)C. The fourth-order valence-electron chi connectivity index (χ4n) is 15.2. The number of carbonyl (C=O) groups is 4. The first kappa shape index (κ1) is 54.4. The molecule has 4 aromatic carbocycles. The van der Waals surface area contributed by atoms with Crippen molar-refractivity contribution in [3.63, 3.8) is 0 Å². The van der Waals surface area contributed by atoms with Gasteiger partial charge < -0.3 is 49.7 Å². The molecule has 2 aromatic heterocycles. The van der Waals surface area contributed by atoms with Gasteiger partial charge in [0.15, 0.2) is 11.6 Å². The normalized spacial score (nSPS) is 25.5. The fraction of sp³-hybridized carbons (Fsp3) is 0.524. The Labute approximate surface area is 472 Å². The number of carbonyl (C=O) groups excluding carboxylic acids is 4. The van der Waals surface area contributed by atoms with Crippen molar-refractivity contribution in [2.24, 2.45) is 23.7 Å². The molecule has 16 nitrogen and oxygen atoms in total. The summed E-state index contributed by atoms with van der Waals surface area (Å²) in [6.07, 6.45) is 9.03. The lowest BCUT2D eigenvalue weighted by atomic mass is 9.89. The van der Waals surface area contributed by atoms with Gasteiger partial charge in [0.2, 0.25) is 11.8 Å². The topological polar surface area (TPSA) is 181 Å². The number of likely N-dealkylation sites (tertiary alicyclic amines) is 2. The highest BCUT2D eigenvalue weighted by Crippen LogP contribution is 2.52. The number of imidazole rings is 2. The van der Waals surface area contributed by atoms with E-state index in [4.69, 9.17) is 19.4 Å². The Hall–Kier alpha value is -7.24. The van der Waals surface area contributed by atoms with Crippen LogP contribution < -0.4 is 20.4 Å². The van der Waals surface area contributed by atoms with Crippen LogP contribution in [0, 0.1) is 35.3 Å². The first-order chi connectivity index (χ1) is 39.2. The molecule has 6 aromatic rings. The van der Waals surface area contributed by atoms with Crippen molar-refractivity contribution in [1.82, 2.24) is 40.4 Å². The summed E-state index contributed by atoms with van der Waals surface area (Å²) in [5.41, 5.74) is 6.65. The molecule has 2 aliphatic carbocycles. The smallest absolute Gasteiger partial charge is 0.407 e. The van der Waals surface area contributed by atoms with Crippen molar-refractivity contribution in [3.8, 4) is 0 Å². The van der Waals surface area contributed by atoms with E-state index in [9.17, 15) is 19.2 Å². The maximum absolute atomic E-state index is 17.0. The van der Waals surface area contributed by atoms with Gasteiger partial charge in [0.05, 0.1) is 60.5 Å². The number of H-pyrrole nitrogens is 2. The molecule has 10 atom stereocenters. The molecule has 18 heteroatoms. The van der Waals surface area contributed by atoms with Gasteiger partial charge in [0.1, 0.15) is 29.4 Å². The Morgan fingerprint density at radius 1 is 0.580 bits per heavy atom. The molecule has 12 rings (SSSR count). The van der Waals surface area contributed by atoms with Crippen molar-refractivity contribution in [3.05, 3.63) is 119 Å². The highest BCUT2D eigenvalue weighted by Gasteiger charge is 2.51. The Balaban J connectivity index is 0.877. The summed E-state index contributed by atoms with van der Waals surface area (Å²) >= 11 is 0. The molecule has 0 spiro atoms. The number of ether oxygens (including phenoxy) is 2. The number of halogens is 2. The Morgan fingerprint density at radius 2 is 1.05 bits per heavy atom. The van der Waals surface area contributed by atoms with Crippen LogP contribution in [0.5, 0.6) is 0 Å². The van der Waals surface area contributed by atoms with Crippen LogP contribution in [0.1, 0.15) is 163 Å². The van der Waals surface area contributed by atoms with Crippen molar-refractivity contribution < 1.29 is 37.4 Å². The van der Waals surface area contributed by atoms with Gasteiger partial charge in [-0.2, -0.15) is 0 Å². The second-order valence-corrected chi connectivity index (χ2v) is 24.5. The zero-order chi connectivity index (χ0) is 56.4. The molecule has 81 heavy (non-hydrogen) atoms. The van der Waals surface area contributed by atoms with Crippen molar-refractivity contribution >= 4 is 57.4 Å². The Bertz CT molecular complexity index is 3140. The van der Waals surface area contributed by atoms with Crippen LogP contribution >= 0.6 is 0 Å². The van der Waals surface area contributed by atoms with E-state index >= 15 is 8.78 Å². The first-order valence-electron chi connectivity index (χ1n) is 29.6. The number of rotatable bonds is 13. The molecule has 4 aliphatic heterocycles. The second kappa shape index (κ2) is 22.3. The molecule has 4 saturated heterocycles. The van der Waals surface area contributed by atoms with Crippen LogP contribution in [0.4, 0.5) is 29.7 Å². The van der Waals surface area contributed by atoms with Gasteiger partial charge >= 0.3 is 12.2 Å². The van der Waals surface area contributed by atoms with E-state index in [0.29, 0.717) is 61.0 Å². The Morgan fingerprint density at radius 3 is 1.49 bits per heavy atom. The molecule has 6 fully saturated rings. The average molecular weight is 1110 g/mol. The monoisotopic (exact) mass is 1110 g/mol. The number of nitrogens with zero attached hydrogens (tertiary/aromatic N) is 6. The molecular weight excluding hydrogens is 1030 g/mol. The number of methoxy groups -OCH3 is 2. The van der Waals surface area contributed by atoms with Crippen LogP contribution in [-0.4, -0.2) is 105 Å². The van der Waals surface area contributed by atoms with E-state index in [0.717, 1.165) is 97.4 Å². The number of hydrogen-bond acceptors (Lipinski definition) is 10. The number of benzene rings is 4. The maximum Gasteiger partial charge on any atom is 0.407 e. The lowest BCUT2D eigenvalue weighted by Crippen LogP contribution is -2.53. The van der Waals surface area contributed by atoms with Gasteiger partial charge in [0.25, 0.3) is 0 Å². The van der Waals surface area contributed by atoms with Crippen LogP contribution in [0.3, 0.4) is 0 Å². The third-order valence-corrected chi connectivity index (χ3v) is 19.2. The number of fused-ring (bicyclic) bond motifs is 4. The number of amides is 4. The highest BCUT2D eigenvalue weighted by atomic mass is 19.1. The van der Waals surface area contributed by atoms with E-state index in [2.05, 4.69) is 61.9 Å². The quantitative estimate of drug-likeness (QED) is 0.0869. The molecule has 0 bridgehead atoms. The van der Waals surface area contributed by atoms with E-state index in [-0.39, 0.29) is 65.6 Å². The second-order valence-electron chi connectivity index (χ2n) is 24.5. The molecule has 1 unspecified atom stereocenters. The van der Waals surface area contributed by atoms with Gasteiger partial charge in [-0.3, -0.25) is 9.59 Å². The molecule has 0 radical (unpaired) electrons. The average Bonchev–Trinajstić information content (AvgIpc) is 4.46. The van der Waals surface area contributed by atoms with Crippen molar-refractivity contribution in [2.75, 3.05) is 37.1 Å². The summed E-state index contributed by atoms with van der Waals surface area (Å²) in [6, 6.07) is 23.0. The highest BCUT2D eigenvalue weighted by molar-refractivity contribution is 5.88.